The lowest BCUT2D eigenvalue weighted by atomic mass is 9.35. The monoisotopic (exact) mass is 784 g/mol. The molecule has 1 aliphatic carbocycles. The van der Waals surface area contributed by atoms with E-state index >= 15 is 0 Å². The molecule has 3 heterocycles. The summed E-state index contributed by atoms with van der Waals surface area (Å²) in [5, 5.41) is 1.14. The lowest BCUT2D eigenvalue weighted by Gasteiger charge is -2.43. The van der Waals surface area contributed by atoms with Gasteiger partial charge in [0.1, 0.15) is 5.58 Å². The average molecular weight is 785 g/mol. The Morgan fingerprint density at radius 1 is 0.475 bits per heavy atom. The third-order valence-corrected chi connectivity index (χ3v) is 13.5. The lowest BCUT2D eigenvalue weighted by Crippen LogP contribution is -2.61. The first kappa shape index (κ1) is 35.9. The Balaban J connectivity index is 1.13. The molecule has 0 N–H and O–H groups in total. The van der Waals surface area contributed by atoms with Crippen molar-refractivity contribution in [2.75, 3.05) is 9.80 Å². The molecule has 0 bridgehead atoms. The number of anilines is 6. The molecule has 0 unspecified atom stereocenters. The van der Waals surface area contributed by atoms with Gasteiger partial charge in [-0.3, -0.25) is 0 Å². The van der Waals surface area contributed by atoms with Gasteiger partial charge in [-0.2, -0.15) is 0 Å². The van der Waals surface area contributed by atoms with Crippen molar-refractivity contribution in [3.05, 3.63) is 222 Å². The topological polar surface area (TPSA) is 19.6 Å². The van der Waals surface area contributed by atoms with E-state index in [1.54, 1.807) is 0 Å². The Bertz CT molecular complexity index is 3000. The van der Waals surface area contributed by atoms with Gasteiger partial charge in [0, 0.05) is 39.7 Å². The molecule has 0 atom stereocenters. The molecular weight excluding hydrogens is 739 g/mol. The van der Waals surface area contributed by atoms with Crippen LogP contribution in [-0.2, 0) is 0 Å². The summed E-state index contributed by atoms with van der Waals surface area (Å²) in [6.45, 7) is -0.0848. The number of furan rings is 1. The van der Waals surface area contributed by atoms with Crippen molar-refractivity contribution in [2.24, 2.45) is 0 Å². The predicted octanol–water partition coefficient (Wildman–Crippen LogP) is 13.4. The van der Waals surface area contributed by atoms with Crippen LogP contribution >= 0.6 is 0 Å². The second-order valence-corrected chi connectivity index (χ2v) is 17.0. The maximum atomic E-state index is 7.14. The number of nitrogens with zero attached hydrogens (tertiary/aromatic N) is 2. The smallest absolute Gasteiger partial charge is 0.297 e. The van der Waals surface area contributed by atoms with Gasteiger partial charge in [0.2, 0.25) is 0 Å². The molecule has 2 aliphatic heterocycles. The molecule has 0 radical (unpaired) electrons. The zero-order valence-electron chi connectivity index (χ0n) is 34.1. The van der Waals surface area contributed by atoms with Crippen molar-refractivity contribution in [1.82, 2.24) is 0 Å². The molecule has 3 nitrogen and oxygen atoms in total. The van der Waals surface area contributed by atoms with Crippen molar-refractivity contribution in [1.29, 1.82) is 0 Å². The number of benzene rings is 8. The SMILES string of the molecule is c1ccc(-c2cccc(N3c4cc(C5CCCCC5)cc5c4B(c4ccccc4N5c4cccc(C(c5ccccc5)c5ccccc5)c4)c4oc5ccccc5c43)c2)cc1. The highest BCUT2D eigenvalue weighted by Crippen LogP contribution is 2.49. The Kier molecular flexibility index (Phi) is 8.76. The van der Waals surface area contributed by atoms with E-state index in [1.807, 2.05) is 0 Å². The number of rotatable bonds is 7. The van der Waals surface area contributed by atoms with E-state index in [2.05, 4.69) is 210 Å². The van der Waals surface area contributed by atoms with Crippen LogP contribution in [0.3, 0.4) is 0 Å². The molecular formula is C57H45BN2O. The molecule has 292 valence electrons. The highest BCUT2D eigenvalue weighted by atomic mass is 16.3. The maximum Gasteiger partial charge on any atom is 0.297 e. The number of fused-ring (bicyclic) bond motifs is 6. The molecule has 8 aromatic carbocycles. The van der Waals surface area contributed by atoms with Crippen LogP contribution in [0.25, 0.3) is 22.1 Å². The molecule has 1 saturated carbocycles. The third-order valence-electron chi connectivity index (χ3n) is 13.5. The second kappa shape index (κ2) is 14.9. The fourth-order valence-corrected chi connectivity index (χ4v) is 10.8. The number of hydrogen-bond donors (Lipinski definition) is 0. The second-order valence-electron chi connectivity index (χ2n) is 17.0. The number of para-hydroxylation sites is 2. The van der Waals surface area contributed by atoms with Crippen LogP contribution in [0, 0.1) is 0 Å². The summed E-state index contributed by atoms with van der Waals surface area (Å²) in [6, 6.07) is 73.9. The molecule has 0 saturated heterocycles. The number of hydrogen-bond acceptors (Lipinski definition) is 3. The van der Waals surface area contributed by atoms with Crippen LogP contribution in [0.5, 0.6) is 0 Å². The largest absolute Gasteiger partial charge is 0.468 e. The van der Waals surface area contributed by atoms with Gasteiger partial charge in [-0.05, 0) is 118 Å². The Labute approximate surface area is 358 Å². The zero-order chi connectivity index (χ0) is 40.3. The molecule has 3 aliphatic rings. The van der Waals surface area contributed by atoms with E-state index in [1.165, 1.54) is 93.5 Å². The molecule has 0 spiro atoms. The van der Waals surface area contributed by atoms with Gasteiger partial charge < -0.3 is 14.2 Å². The summed E-state index contributed by atoms with van der Waals surface area (Å²) in [6.07, 6.45) is 6.29. The van der Waals surface area contributed by atoms with Crippen LogP contribution in [0.4, 0.5) is 34.1 Å². The van der Waals surface area contributed by atoms with Gasteiger partial charge in [-0.15, -0.1) is 0 Å². The highest BCUT2D eigenvalue weighted by molar-refractivity contribution is 7.00. The van der Waals surface area contributed by atoms with Crippen molar-refractivity contribution >= 4 is 68.4 Å². The highest BCUT2D eigenvalue weighted by Gasteiger charge is 2.47. The molecule has 0 amide bonds. The Morgan fingerprint density at radius 2 is 1.07 bits per heavy atom. The molecule has 4 heteroatoms. The van der Waals surface area contributed by atoms with Crippen molar-refractivity contribution in [3.8, 4) is 11.1 Å². The molecule has 1 aromatic heterocycles. The summed E-state index contributed by atoms with van der Waals surface area (Å²) in [5.74, 6) is 0.586. The summed E-state index contributed by atoms with van der Waals surface area (Å²) < 4.78 is 7.14. The van der Waals surface area contributed by atoms with Crippen LogP contribution in [0.15, 0.2) is 205 Å². The Hall–Kier alpha value is -7.04. The van der Waals surface area contributed by atoms with Crippen LogP contribution in [0.1, 0.15) is 66.2 Å². The Morgan fingerprint density at radius 3 is 1.82 bits per heavy atom. The summed E-state index contributed by atoms with van der Waals surface area (Å²) in [7, 11) is 0. The van der Waals surface area contributed by atoms with E-state index in [4.69, 9.17) is 4.42 Å². The normalized spacial score (nSPS) is 14.5. The molecule has 61 heavy (non-hydrogen) atoms. The van der Waals surface area contributed by atoms with Crippen LogP contribution < -0.4 is 26.4 Å². The fraction of sp³-hybridized carbons (Fsp3) is 0.123. The predicted molar refractivity (Wildman–Crippen MR) is 255 cm³/mol. The quantitative estimate of drug-likeness (QED) is 0.119. The zero-order valence-corrected chi connectivity index (χ0v) is 34.1. The van der Waals surface area contributed by atoms with E-state index in [-0.39, 0.29) is 12.6 Å². The first-order valence-electron chi connectivity index (χ1n) is 22.0. The van der Waals surface area contributed by atoms with Gasteiger partial charge in [-0.1, -0.05) is 165 Å². The first-order chi connectivity index (χ1) is 30.3. The van der Waals surface area contributed by atoms with Gasteiger partial charge in [0.25, 0.3) is 6.71 Å². The van der Waals surface area contributed by atoms with E-state index in [0.717, 1.165) is 33.7 Å². The fourth-order valence-electron chi connectivity index (χ4n) is 10.8. The minimum absolute atomic E-state index is 0.0848. The van der Waals surface area contributed by atoms with E-state index < -0.39 is 0 Å². The lowest BCUT2D eigenvalue weighted by molar-refractivity contribution is 0.444. The van der Waals surface area contributed by atoms with Crippen LogP contribution in [-0.4, -0.2) is 6.71 Å². The van der Waals surface area contributed by atoms with E-state index in [0.29, 0.717) is 5.92 Å². The standard InChI is InChI=1S/C57H45BN2O/c1-5-19-39(20-6-1)43-27-17-30-47(35-43)60-52-38-45(40-21-7-2-8-22-40)37-51-55(52)58(57-56(60)48-31-13-16-34-53(48)61-57)49-32-14-15-33-50(49)59(51)46-29-18-28-44(36-46)54(41-23-9-3-10-24-41)42-25-11-4-12-26-42/h1,3-6,9-20,23-38,40,54H,2,7-8,21-22H2. The summed E-state index contributed by atoms with van der Waals surface area (Å²) in [5.41, 5.74) is 19.3. The molecule has 12 rings (SSSR count). The van der Waals surface area contributed by atoms with Crippen molar-refractivity contribution in [2.45, 2.75) is 43.9 Å². The van der Waals surface area contributed by atoms with Crippen molar-refractivity contribution in [3.63, 3.8) is 0 Å². The van der Waals surface area contributed by atoms with Gasteiger partial charge in [-0.25, -0.2) is 0 Å². The summed E-state index contributed by atoms with van der Waals surface area (Å²) in [4.78, 5) is 5.11. The summed E-state index contributed by atoms with van der Waals surface area (Å²) >= 11 is 0. The maximum absolute atomic E-state index is 7.14. The third kappa shape index (κ3) is 6.04. The average Bonchev–Trinajstić information content (AvgIpc) is 3.72. The van der Waals surface area contributed by atoms with Crippen LogP contribution in [0.2, 0.25) is 0 Å². The van der Waals surface area contributed by atoms with Gasteiger partial charge >= 0.3 is 0 Å². The van der Waals surface area contributed by atoms with E-state index in [9.17, 15) is 0 Å². The molecule has 9 aromatic rings. The van der Waals surface area contributed by atoms with Gasteiger partial charge in [0.15, 0.2) is 0 Å². The molecule has 1 fully saturated rings. The minimum Gasteiger partial charge on any atom is -0.468 e. The first-order valence-corrected chi connectivity index (χ1v) is 22.0. The minimum atomic E-state index is -0.0848. The van der Waals surface area contributed by atoms with Crippen molar-refractivity contribution < 1.29 is 4.42 Å². The van der Waals surface area contributed by atoms with Gasteiger partial charge in [0.05, 0.1) is 11.3 Å².